The molecule has 110 valence electrons. The van der Waals surface area contributed by atoms with Gasteiger partial charge in [-0.3, -0.25) is 4.79 Å². The Morgan fingerprint density at radius 3 is 2.86 bits per heavy atom. The lowest BCUT2D eigenvalue weighted by Gasteiger charge is -2.06. The van der Waals surface area contributed by atoms with Gasteiger partial charge in [-0.2, -0.15) is 0 Å². The van der Waals surface area contributed by atoms with Crippen molar-refractivity contribution in [1.82, 2.24) is 4.98 Å². The number of carbonyl (C=O) groups is 1. The molecule has 5 heteroatoms. The molecule has 3 nitrogen and oxygen atoms in total. The molecule has 0 radical (unpaired) electrons. The number of amides is 1. The summed E-state index contributed by atoms with van der Waals surface area (Å²) in [7, 11) is 0. The number of nitrogens with one attached hydrogen (secondary N) is 1. The fourth-order valence-electron chi connectivity index (χ4n) is 2.05. The Balaban J connectivity index is 1.73. The molecule has 0 bridgehead atoms. The Hall–Kier alpha value is -1.98. The molecular weight excluding hydrogens is 360 g/mol. The molecule has 3 aromatic rings. The van der Waals surface area contributed by atoms with Crippen molar-refractivity contribution in [1.29, 1.82) is 0 Å². The number of benzene rings is 2. The zero-order valence-corrected chi connectivity index (χ0v) is 14.2. The van der Waals surface area contributed by atoms with Crippen LogP contribution in [0.15, 0.2) is 53.0 Å². The molecule has 1 aromatic heterocycles. The number of para-hydroxylation sites is 1. The molecule has 3 rings (SSSR count). The van der Waals surface area contributed by atoms with Crippen LogP contribution in [-0.2, 0) is 4.79 Å². The minimum Gasteiger partial charge on any atom is -0.322 e. The van der Waals surface area contributed by atoms with Gasteiger partial charge in [0.15, 0.2) is 0 Å². The molecule has 0 aliphatic rings. The average molecular weight is 373 g/mol. The number of rotatable bonds is 3. The normalized spacial score (nSPS) is 11.2. The van der Waals surface area contributed by atoms with Gasteiger partial charge in [-0.15, -0.1) is 11.3 Å². The molecule has 0 fully saturated rings. The number of halogens is 1. The van der Waals surface area contributed by atoms with Crippen molar-refractivity contribution in [3.63, 3.8) is 0 Å². The van der Waals surface area contributed by atoms with Gasteiger partial charge in [0.2, 0.25) is 5.91 Å². The summed E-state index contributed by atoms with van der Waals surface area (Å²) in [5.74, 6) is -0.162. The third kappa shape index (κ3) is 3.43. The lowest BCUT2D eigenvalue weighted by molar-refractivity contribution is -0.111. The minimum atomic E-state index is -0.162. The predicted octanol–water partition coefficient (Wildman–Crippen LogP) is 5.02. The highest BCUT2D eigenvalue weighted by Crippen LogP contribution is 2.23. The second kappa shape index (κ2) is 6.42. The summed E-state index contributed by atoms with van der Waals surface area (Å²) >= 11 is 4.97. The van der Waals surface area contributed by atoms with E-state index in [0.717, 1.165) is 30.9 Å². The van der Waals surface area contributed by atoms with Crippen molar-refractivity contribution in [3.8, 4) is 0 Å². The molecule has 0 saturated heterocycles. The first-order chi connectivity index (χ1) is 10.6. The number of anilines is 1. The molecule has 0 aliphatic heterocycles. The first kappa shape index (κ1) is 14.9. The molecule has 1 N–H and O–H groups in total. The highest BCUT2D eigenvalue weighted by Gasteiger charge is 2.03. The molecule has 1 amide bonds. The highest BCUT2D eigenvalue weighted by atomic mass is 79.9. The lowest BCUT2D eigenvalue weighted by Crippen LogP contribution is -2.08. The summed E-state index contributed by atoms with van der Waals surface area (Å²) in [6, 6.07) is 13.7. The molecule has 22 heavy (non-hydrogen) atoms. The Bertz CT molecular complexity index is 837. The number of fused-ring (bicyclic) bond motifs is 1. The lowest BCUT2D eigenvalue weighted by atomic mass is 10.2. The summed E-state index contributed by atoms with van der Waals surface area (Å²) in [4.78, 5) is 16.5. The van der Waals surface area contributed by atoms with E-state index in [1.165, 1.54) is 6.08 Å². The molecular formula is C17H13BrN2OS. The van der Waals surface area contributed by atoms with Gasteiger partial charge in [-0.25, -0.2) is 4.98 Å². The maximum Gasteiger partial charge on any atom is 0.248 e. The first-order valence-corrected chi connectivity index (χ1v) is 8.33. The molecule has 1 heterocycles. The number of thiazole rings is 1. The summed E-state index contributed by atoms with van der Waals surface area (Å²) in [5, 5.41) is 3.69. The van der Waals surface area contributed by atoms with Crippen LogP contribution in [0.4, 0.5) is 5.69 Å². The quantitative estimate of drug-likeness (QED) is 0.655. The van der Waals surface area contributed by atoms with Crippen molar-refractivity contribution in [2.45, 2.75) is 6.92 Å². The predicted molar refractivity (Wildman–Crippen MR) is 96.2 cm³/mol. The molecule has 0 atom stereocenters. The van der Waals surface area contributed by atoms with E-state index >= 15 is 0 Å². The van der Waals surface area contributed by atoms with Crippen molar-refractivity contribution in [2.75, 3.05) is 5.32 Å². The summed E-state index contributed by atoms with van der Waals surface area (Å²) < 4.78 is 2.11. The summed E-state index contributed by atoms with van der Waals surface area (Å²) in [5.41, 5.74) is 2.77. The van der Waals surface area contributed by atoms with Gasteiger partial charge in [0.1, 0.15) is 5.01 Å². The van der Waals surface area contributed by atoms with E-state index < -0.39 is 0 Å². The van der Waals surface area contributed by atoms with E-state index in [-0.39, 0.29) is 5.91 Å². The monoisotopic (exact) mass is 372 g/mol. The summed E-state index contributed by atoms with van der Waals surface area (Å²) in [6.07, 6.45) is 3.26. The fraction of sp³-hybridized carbons (Fsp3) is 0.0588. The minimum absolute atomic E-state index is 0.162. The second-order valence-electron chi connectivity index (χ2n) is 4.80. The topological polar surface area (TPSA) is 42.0 Å². The van der Waals surface area contributed by atoms with Gasteiger partial charge in [-0.1, -0.05) is 28.1 Å². The molecule has 0 saturated carbocycles. The molecule has 0 unspecified atom stereocenters. The van der Waals surface area contributed by atoms with Crippen molar-refractivity contribution in [3.05, 3.63) is 63.6 Å². The Kier molecular flexibility index (Phi) is 4.36. The van der Waals surface area contributed by atoms with E-state index in [1.807, 2.05) is 49.4 Å². The van der Waals surface area contributed by atoms with Crippen LogP contribution in [-0.4, -0.2) is 10.9 Å². The fourth-order valence-corrected chi connectivity index (χ4v) is 3.40. The van der Waals surface area contributed by atoms with E-state index in [1.54, 1.807) is 17.4 Å². The third-order valence-electron chi connectivity index (χ3n) is 3.13. The Morgan fingerprint density at radius 1 is 1.27 bits per heavy atom. The van der Waals surface area contributed by atoms with Gasteiger partial charge in [0.25, 0.3) is 0 Å². The van der Waals surface area contributed by atoms with Gasteiger partial charge >= 0.3 is 0 Å². The van der Waals surface area contributed by atoms with Crippen molar-refractivity contribution >= 4 is 55.2 Å². The van der Waals surface area contributed by atoms with Crippen LogP contribution in [0.3, 0.4) is 0 Å². The Labute approximate surface area is 140 Å². The summed E-state index contributed by atoms with van der Waals surface area (Å²) in [6.45, 7) is 1.96. The average Bonchev–Trinajstić information content (AvgIpc) is 2.91. The van der Waals surface area contributed by atoms with Crippen LogP contribution < -0.4 is 5.32 Å². The number of aromatic nitrogens is 1. The number of carbonyl (C=O) groups excluding carboxylic acids is 1. The highest BCUT2D eigenvalue weighted by molar-refractivity contribution is 9.10. The number of nitrogens with zero attached hydrogens (tertiary/aromatic N) is 1. The van der Waals surface area contributed by atoms with Gasteiger partial charge in [0, 0.05) is 16.2 Å². The van der Waals surface area contributed by atoms with Crippen LogP contribution in [0.5, 0.6) is 0 Å². The third-order valence-corrected chi connectivity index (χ3v) is 4.63. The van der Waals surface area contributed by atoms with Crippen LogP contribution in [0, 0.1) is 6.92 Å². The van der Waals surface area contributed by atoms with Crippen molar-refractivity contribution in [2.24, 2.45) is 0 Å². The van der Waals surface area contributed by atoms with E-state index in [2.05, 4.69) is 26.2 Å². The first-order valence-electron chi connectivity index (χ1n) is 6.72. The molecule has 0 aliphatic carbocycles. The van der Waals surface area contributed by atoms with Gasteiger partial charge in [0.05, 0.1) is 10.2 Å². The van der Waals surface area contributed by atoms with E-state index in [4.69, 9.17) is 0 Å². The number of hydrogen-bond donors (Lipinski definition) is 1. The Morgan fingerprint density at radius 2 is 2.09 bits per heavy atom. The van der Waals surface area contributed by atoms with Crippen molar-refractivity contribution < 1.29 is 4.79 Å². The van der Waals surface area contributed by atoms with Gasteiger partial charge in [-0.05, 0) is 48.9 Å². The van der Waals surface area contributed by atoms with Crippen LogP contribution in [0.1, 0.15) is 10.6 Å². The van der Waals surface area contributed by atoms with Gasteiger partial charge < -0.3 is 5.32 Å². The van der Waals surface area contributed by atoms with E-state index in [0.29, 0.717) is 0 Å². The maximum absolute atomic E-state index is 12.0. The molecule has 2 aromatic carbocycles. The smallest absolute Gasteiger partial charge is 0.248 e. The van der Waals surface area contributed by atoms with Crippen LogP contribution in [0.2, 0.25) is 0 Å². The standard InChI is InChI=1S/C17H13BrN2OS/c1-11-10-12(18)6-7-13(11)19-16(21)8-9-17-20-14-4-2-3-5-15(14)22-17/h2-10H,1H3,(H,19,21)/b9-8+. The number of hydrogen-bond acceptors (Lipinski definition) is 3. The van der Waals surface area contributed by atoms with Crippen LogP contribution in [0.25, 0.3) is 16.3 Å². The van der Waals surface area contributed by atoms with E-state index in [9.17, 15) is 4.79 Å². The zero-order valence-electron chi connectivity index (χ0n) is 11.8. The maximum atomic E-state index is 12.0. The largest absolute Gasteiger partial charge is 0.322 e. The molecule has 0 spiro atoms. The number of aryl methyl sites for hydroxylation is 1. The SMILES string of the molecule is Cc1cc(Br)ccc1NC(=O)/C=C/c1nc2ccccc2s1. The zero-order chi connectivity index (χ0) is 15.5. The van der Waals surface area contributed by atoms with Crippen LogP contribution >= 0.6 is 27.3 Å². The second-order valence-corrected chi connectivity index (χ2v) is 6.78.